The van der Waals surface area contributed by atoms with Gasteiger partial charge in [-0.15, -0.1) is 0 Å². The van der Waals surface area contributed by atoms with Crippen molar-refractivity contribution in [3.8, 4) is 0 Å². The summed E-state index contributed by atoms with van der Waals surface area (Å²) >= 11 is 0. The zero-order chi connectivity index (χ0) is 18.8. The van der Waals surface area contributed by atoms with Crippen LogP contribution in [0.25, 0.3) is 6.08 Å². The number of hydrogen-bond acceptors (Lipinski definition) is 3. The summed E-state index contributed by atoms with van der Waals surface area (Å²) in [4.78, 5) is 11.6. The maximum absolute atomic E-state index is 11.6. The molecule has 0 heterocycles. The fourth-order valence-electron chi connectivity index (χ4n) is 2.62. The molecule has 0 aromatic heterocycles. The van der Waals surface area contributed by atoms with E-state index in [0.29, 0.717) is 0 Å². The maximum Gasteiger partial charge on any atom is 0.311 e. The normalized spacial score (nSPS) is 16.6. The van der Waals surface area contributed by atoms with E-state index in [2.05, 4.69) is 44.2 Å². The molecule has 0 fully saturated rings. The van der Waals surface area contributed by atoms with Crippen LogP contribution in [0.1, 0.15) is 39.7 Å². The van der Waals surface area contributed by atoms with Gasteiger partial charge in [0.15, 0.2) is 0 Å². The van der Waals surface area contributed by atoms with Gasteiger partial charge in [0.25, 0.3) is 0 Å². The number of aliphatic hydroxyl groups excluding tert-OH is 1. The quantitative estimate of drug-likeness (QED) is 0.546. The molecule has 1 rings (SSSR count). The van der Waals surface area contributed by atoms with Crippen LogP contribution in [0.15, 0.2) is 59.7 Å². The molecule has 0 aliphatic heterocycles. The summed E-state index contributed by atoms with van der Waals surface area (Å²) in [5, 5.41) is 10.3. The molecule has 3 nitrogen and oxygen atoms in total. The van der Waals surface area contributed by atoms with Crippen LogP contribution in [0.2, 0.25) is 0 Å². The Morgan fingerprint density at radius 2 is 1.88 bits per heavy atom. The van der Waals surface area contributed by atoms with Crippen LogP contribution in [-0.2, 0) is 9.53 Å². The Morgan fingerprint density at radius 1 is 1.24 bits per heavy atom. The lowest BCUT2D eigenvalue weighted by molar-refractivity contribution is -0.149. The van der Waals surface area contributed by atoms with Gasteiger partial charge in [-0.25, -0.2) is 0 Å². The predicted molar refractivity (Wildman–Crippen MR) is 104 cm³/mol. The van der Waals surface area contributed by atoms with Gasteiger partial charge in [-0.3, -0.25) is 4.79 Å². The molecular formula is C22H30O3. The number of ether oxygens (including phenoxy) is 1. The summed E-state index contributed by atoms with van der Waals surface area (Å²) in [5.74, 6) is -1.06. The standard InChI is InChI=1S/C22H30O3/c1-6-19(15-17(3)21(23)18(4)22(24)25-5)14-16(2)12-13-20-10-8-7-9-11-20/h7-15,17-18,21,23H,6H2,1-5H3/t17-,18+,21-/m0/s1. The predicted octanol–water partition coefficient (Wildman–Crippen LogP) is 4.79. The summed E-state index contributed by atoms with van der Waals surface area (Å²) in [7, 11) is 1.34. The highest BCUT2D eigenvalue weighted by Gasteiger charge is 2.26. The summed E-state index contributed by atoms with van der Waals surface area (Å²) in [6.07, 6.45) is 8.41. The highest BCUT2D eigenvalue weighted by atomic mass is 16.5. The Labute approximate surface area is 151 Å². The summed E-state index contributed by atoms with van der Waals surface area (Å²) in [6.45, 7) is 7.75. The molecule has 1 aromatic carbocycles. The second-order valence-electron chi connectivity index (χ2n) is 6.39. The fourth-order valence-corrected chi connectivity index (χ4v) is 2.62. The molecule has 0 amide bonds. The lowest BCUT2D eigenvalue weighted by Crippen LogP contribution is -2.31. The molecule has 0 aliphatic carbocycles. The molecule has 1 N–H and O–H groups in total. The van der Waals surface area contributed by atoms with Gasteiger partial charge in [-0.1, -0.05) is 79.6 Å². The molecule has 0 radical (unpaired) electrons. The second-order valence-corrected chi connectivity index (χ2v) is 6.39. The molecule has 1 aromatic rings. The van der Waals surface area contributed by atoms with Crippen LogP contribution in [0.5, 0.6) is 0 Å². The van der Waals surface area contributed by atoms with Gasteiger partial charge >= 0.3 is 5.97 Å². The first kappa shape index (κ1) is 20.9. The van der Waals surface area contributed by atoms with Gasteiger partial charge in [0.2, 0.25) is 0 Å². The second kappa shape index (κ2) is 10.7. The van der Waals surface area contributed by atoms with Crippen LogP contribution in [-0.4, -0.2) is 24.3 Å². The molecule has 0 unspecified atom stereocenters. The fraction of sp³-hybridized carbons (Fsp3) is 0.409. The molecule has 0 aliphatic rings. The topological polar surface area (TPSA) is 46.5 Å². The number of hydrogen-bond donors (Lipinski definition) is 1. The van der Waals surface area contributed by atoms with Crippen molar-refractivity contribution in [1.82, 2.24) is 0 Å². The third kappa shape index (κ3) is 7.10. The molecule has 136 valence electrons. The lowest BCUT2D eigenvalue weighted by atomic mass is 9.91. The number of carbonyl (C=O) groups excluding carboxylic acids is 1. The van der Waals surface area contributed by atoms with E-state index in [-0.39, 0.29) is 11.9 Å². The van der Waals surface area contributed by atoms with Gasteiger partial charge in [0.1, 0.15) is 0 Å². The van der Waals surface area contributed by atoms with Crippen molar-refractivity contribution >= 4 is 12.0 Å². The van der Waals surface area contributed by atoms with E-state index in [1.165, 1.54) is 7.11 Å². The van der Waals surface area contributed by atoms with E-state index in [9.17, 15) is 9.90 Å². The Bertz CT molecular complexity index is 626. The van der Waals surface area contributed by atoms with E-state index in [0.717, 1.165) is 23.1 Å². The highest BCUT2D eigenvalue weighted by molar-refractivity contribution is 5.72. The lowest BCUT2D eigenvalue weighted by Gasteiger charge is -2.21. The van der Waals surface area contributed by atoms with Crippen molar-refractivity contribution in [2.24, 2.45) is 11.8 Å². The number of carbonyl (C=O) groups is 1. The zero-order valence-corrected chi connectivity index (χ0v) is 15.9. The van der Waals surface area contributed by atoms with Crippen molar-refractivity contribution < 1.29 is 14.6 Å². The summed E-state index contributed by atoms with van der Waals surface area (Å²) in [6, 6.07) is 10.2. The molecule has 0 saturated carbocycles. The highest BCUT2D eigenvalue weighted by Crippen LogP contribution is 2.20. The zero-order valence-electron chi connectivity index (χ0n) is 15.9. The number of allylic oxidation sites excluding steroid dienone is 4. The number of esters is 1. The third-order valence-corrected chi connectivity index (χ3v) is 4.26. The monoisotopic (exact) mass is 342 g/mol. The van der Waals surface area contributed by atoms with Gasteiger partial charge in [-0.2, -0.15) is 0 Å². The van der Waals surface area contributed by atoms with Crippen LogP contribution in [0.3, 0.4) is 0 Å². The van der Waals surface area contributed by atoms with Crippen LogP contribution >= 0.6 is 0 Å². The SMILES string of the molecule is CCC(C=C(C)C=Cc1ccccc1)=C[C@H](C)[C@H](O)[C@@H](C)C(=O)OC. The first-order valence-electron chi connectivity index (χ1n) is 8.77. The largest absolute Gasteiger partial charge is 0.469 e. The third-order valence-electron chi connectivity index (χ3n) is 4.26. The van der Waals surface area contributed by atoms with Gasteiger partial charge in [-0.05, 0) is 25.8 Å². The van der Waals surface area contributed by atoms with Crippen molar-refractivity contribution in [2.75, 3.05) is 7.11 Å². The summed E-state index contributed by atoms with van der Waals surface area (Å²) in [5.41, 5.74) is 3.44. The number of methoxy groups -OCH3 is 1. The Kier molecular flexibility index (Phi) is 8.93. The molecular weight excluding hydrogens is 312 g/mol. The molecule has 25 heavy (non-hydrogen) atoms. The smallest absolute Gasteiger partial charge is 0.311 e. The van der Waals surface area contributed by atoms with E-state index >= 15 is 0 Å². The molecule has 3 heteroatoms. The van der Waals surface area contributed by atoms with Gasteiger partial charge < -0.3 is 9.84 Å². The first-order chi connectivity index (χ1) is 11.9. The van der Waals surface area contributed by atoms with E-state index in [4.69, 9.17) is 4.74 Å². The van der Waals surface area contributed by atoms with E-state index < -0.39 is 12.0 Å². The first-order valence-corrected chi connectivity index (χ1v) is 8.77. The van der Waals surface area contributed by atoms with Crippen molar-refractivity contribution in [1.29, 1.82) is 0 Å². The number of benzene rings is 1. The summed E-state index contributed by atoms with van der Waals surface area (Å²) < 4.78 is 4.71. The number of aliphatic hydroxyl groups is 1. The Balaban J connectivity index is 2.83. The minimum atomic E-state index is -0.762. The number of rotatable bonds is 8. The van der Waals surface area contributed by atoms with E-state index in [1.54, 1.807) is 6.92 Å². The average Bonchev–Trinajstić information content (AvgIpc) is 2.64. The van der Waals surface area contributed by atoms with Gasteiger partial charge in [0.05, 0.1) is 19.1 Å². The minimum absolute atomic E-state index is 0.133. The Morgan fingerprint density at radius 3 is 2.44 bits per heavy atom. The average molecular weight is 342 g/mol. The maximum atomic E-state index is 11.6. The van der Waals surface area contributed by atoms with Crippen LogP contribution in [0, 0.1) is 11.8 Å². The molecule has 0 saturated heterocycles. The Hall–Kier alpha value is -2.13. The minimum Gasteiger partial charge on any atom is -0.469 e. The van der Waals surface area contributed by atoms with Crippen molar-refractivity contribution in [3.63, 3.8) is 0 Å². The van der Waals surface area contributed by atoms with Crippen molar-refractivity contribution in [2.45, 2.75) is 40.2 Å². The van der Waals surface area contributed by atoms with E-state index in [1.807, 2.05) is 31.2 Å². The molecule has 0 bridgehead atoms. The van der Waals surface area contributed by atoms with Gasteiger partial charge in [0, 0.05) is 5.92 Å². The molecule has 3 atom stereocenters. The van der Waals surface area contributed by atoms with Crippen molar-refractivity contribution in [3.05, 3.63) is 65.3 Å². The molecule has 0 spiro atoms. The van der Waals surface area contributed by atoms with Crippen LogP contribution < -0.4 is 0 Å². The van der Waals surface area contributed by atoms with Crippen LogP contribution in [0.4, 0.5) is 0 Å².